The lowest BCUT2D eigenvalue weighted by molar-refractivity contribution is -0.134. The summed E-state index contributed by atoms with van der Waals surface area (Å²) in [4.78, 5) is 33.2. The molecule has 1 spiro atoms. The van der Waals surface area contributed by atoms with Crippen LogP contribution >= 0.6 is 0 Å². The van der Waals surface area contributed by atoms with E-state index in [1.165, 1.54) is 19.3 Å². The van der Waals surface area contributed by atoms with Gasteiger partial charge in [0.05, 0.1) is 11.6 Å². The Morgan fingerprint density at radius 3 is 2.16 bits per heavy atom. The van der Waals surface area contributed by atoms with E-state index >= 15 is 0 Å². The molecule has 2 saturated carbocycles. The van der Waals surface area contributed by atoms with Gasteiger partial charge in [0.1, 0.15) is 5.66 Å². The monoisotopic (exact) mass is 523 g/mol. The maximum atomic E-state index is 14.3. The smallest absolute Gasteiger partial charge is 0.335 e. The highest BCUT2D eigenvalue weighted by Gasteiger charge is 2.53. The van der Waals surface area contributed by atoms with Crippen LogP contribution in [0.25, 0.3) is 0 Å². The molecule has 1 aromatic rings. The van der Waals surface area contributed by atoms with Crippen molar-refractivity contribution in [3.63, 3.8) is 0 Å². The lowest BCUT2D eigenvalue weighted by Crippen LogP contribution is -2.52. The number of hydrogen-bond donors (Lipinski definition) is 2. The Labute approximate surface area is 229 Å². The molecule has 0 bridgehead atoms. The molecule has 0 radical (unpaired) electrons. The lowest BCUT2D eigenvalue weighted by atomic mass is 9.69. The van der Waals surface area contributed by atoms with Gasteiger partial charge in [0.15, 0.2) is 5.84 Å². The van der Waals surface area contributed by atoms with Crippen LogP contribution in [0.2, 0.25) is 0 Å². The maximum absolute atomic E-state index is 14.3. The first-order valence-electron chi connectivity index (χ1n) is 14.8. The fourth-order valence-corrected chi connectivity index (χ4v) is 6.74. The maximum Gasteiger partial charge on any atom is 0.335 e. The van der Waals surface area contributed by atoms with Crippen LogP contribution in [-0.2, 0) is 4.79 Å². The van der Waals surface area contributed by atoms with E-state index in [4.69, 9.17) is 4.99 Å². The summed E-state index contributed by atoms with van der Waals surface area (Å²) in [7, 11) is 0. The molecule has 2 N–H and O–H groups in total. The van der Waals surface area contributed by atoms with Gasteiger partial charge in [-0.25, -0.2) is 9.79 Å². The SMILES string of the molecule is CC(C)(C)CC[C@H](c1ccc(C(=O)O)cc1)N1C(=O)C(NC2CCCCC2)=NC12CCC(C(C)(C)C)CC2. The number of carboxylic acids is 1. The van der Waals surface area contributed by atoms with Gasteiger partial charge < -0.3 is 15.3 Å². The number of hydrogen-bond acceptors (Lipinski definition) is 4. The Kier molecular flexibility index (Phi) is 8.30. The van der Waals surface area contributed by atoms with Crippen molar-refractivity contribution >= 4 is 17.7 Å². The Hall–Kier alpha value is -2.37. The minimum absolute atomic E-state index is 0.0194. The number of aliphatic imine (C=N–C) groups is 1. The third kappa shape index (κ3) is 6.43. The van der Waals surface area contributed by atoms with E-state index in [1.807, 2.05) is 12.1 Å². The van der Waals surface area contributed by atoms with Gasteiger partial charge in [-0.15, -0.1) is 0 Å². The summed E-state index contributed by atoms with van der Waals surface area (Å²) in [6, 6.07) is 7.33. The third-order valence-corrected chi connectivity index (χ3v) is 9.17. The quantitative estimate of drug-likeness (QED) is 0.408. The van der Waals surface area contributed by atoms with Crippen LogP contribution in [0.4, 0.5) is 0 Å². The average Bonchev–Trinajstić information content (AvgIpc) is 3.10. The van der Waals surface area contributed by atoms with Crippen LogP contribution < -0.4 is 5.32 Å². The number of benzene rings is 1. The topological polar surface area (TPSA) is 82.0 Å². The Morgan fingerprint density at radius 2 is 1.63 bits per heavy atom. The number of amides is 1. The summed E-state index contributed by atoms with van der Waals surface area (Å²) in [5.74, 6) is 0.248. The number of nitrogens with zero attached hydrogens (tertiary/aromatic N) is 2. The number of carbonyl (C=O) groups is 2. The highest BCUT2D eigenvalue weighted by molar-refractivity contribution is 6.39. The average molecular weight is 524 g/mol. The van der Waals surface area contributed by atoms with Crippen molar-refractivity contribution in [2.75, 3.05) is 0 Å². The highest BCUT2D eigenvalue weighted by Crippen LogP contribution is 2.49. The molecule has 210 valence electrons. The second kappa shape index (κ2) is 11.0. The number of carboxylic acid groups (broad SMARTS) is 1. The zero-order valence-corrected chi connectivity index (χ0v) is 24.5. The van der Waals surface area contributed by atoms with Crippen LogP contribution in [-0.4, -0.2) is 39.4 Å². The highest BCUT2D eigenvalue weighted by atomic mass is 16.4. The number of amidine groups is 1. The van der Waals surface area contributed by atoms with Crippen LogP contribution in [0.15, 0.2) is 29.3 Å². The largest absolute Gasteiger partial charge is 0.478 e. The van der Waals surface area contributed by atoms with Gasteiger partial charge in [0.2, 0.25) is 0 Å². The van der Waals surface area contributed by atoms with Gasteiger partial charge in [-0.2, -0.15) is 0 Å². The predicted octanol–water partition coefficient (Wildman–Crippen LogP) is 7.35. The second-order valence-electron chi connectivity index (χ2n) is 14.3. The summed E-state index contributed by atoms with van der Waals surface area (Å²) in [5, 5.41) is 13.1. The molecule has 1 heterocycles. The van der Waals surface area contributed by atoms with E-state index < -0.39 is 11.6 Å². The van der Waals surface area contributed by atoms with Crippen LogP contribution in [0.5, 0.6) is 0 Å². The van der Waals surface area contributed by atoms with E-state index in [9.17, 15) is 14.7 Å². The normalized spacial score (nSPS) is 25.9. The minimum Gasteiger partial charge on any atom is -0.478 e. The molecule has 2 fully saturated rings. The summed E-state index contributed by atoms with van der Waals surface area (Å²) in [6.07, 6.45) is 11.5. The first kappa shape index (κ1) is 28.6. The van der Waals surface area contributed by atoms with Crippen molar-refractivity contribution in [2.45, 2.75) is 130 Å². The second-order valence-corrected chi connectivity index (χ2v) is 14.3. The molecule has 0 unspecified atom stereocenters. The molecule has 4 rings (SSSR count). The molecule has 6 nitrogen and oxygen atoms in total. The molecule has 2 aliphatic carbocycles. The van der Waals surface area contributed by atoms with Gasteiger partial charge in [0.25, 0.3) is 5.91 Å². The molecule has 3 aliphatic rings. The van der Waals surface area contributed by atoms with Crippen molar-refractivity contribution in [2.24, 2.45) is 21.7 Å². The Balaban J connectivity index is 1.71. The number of nitrogens with one attached hydrogen (secondary N) is 1. The summed E-state index contributed by atoms with van der Waals surface area (Å²) < 4.78 is 0. The van der Waals surface area contributed by atoms with Crippen LogP contribution in [0.1, 0.15) is 134 Å². The first-order valence-corrected chi connectivity index (χ1v) is 14.8. The fourth-order valence-electron chi connectivity index (χ4n) is 6.74. The third-order valence-electron chi connectivity index (χ3n) is 9.17. The van der Waals surface area contributed by atoms with Gasteiger partial charge in [0, 0.05) is 6.04 Å². The standard InChI is InChI=1S/C32H49N3O3/c1-30(2,3)19-18-26(22-12-14-23(15-13-22)29(37)38)35-28(36)27(33-25-10-8-7-9-11-25)34-32(35)20-16-24(17-21-32)31(4,5)6/h12-15,24-26H,7-11,16-21H2,1-6H3,(H,33,34)(H,37,38)/t24?,26-,32?/m1/s1. The first-order chi connectivity index (χ1) is 17.8. The molecule has 38 heavy (non-hydrogen) atoms. The van der Waals surface area contributed by atoms with Crippen LogP contribution in [0, 0.1) is 16.7 Å². The van der Waals surface area contributed by atoms with Crippen molar-refractivity contribution in [3.8, 4) is 0 Å². The van der Waals surface area contributed by atoms with Crippen molar-refractivity contribution in [1.29, 1.82) is 0 Å². The molecular weight excluding hydrogens is 474 g/mol. The van der Waals surface area contributed by atoms with Gasteiger partial charge in [-0.3, -0.25) is 4.79 Å². The number of carbonyl (C=O) groups excluding carboxylic acids is 1. The van der Waals surface area contributed by atoms with E-state index in [2.05, 4.69) is 51.8 Å². The molecule has 0 saturated heterocycles. The van der Waals surface area contributed by atoms with Gasteiger partial charge in [-0.1, -0.05) is 72.9 Å². The molecule has 6 heteroatoms. The summed E-state index contributed by atoms with van der Waals surface area (Å²) >= 11 is 0. The summed E-state index contributed by atoms with van der Waals surface area (Å²) in [5.41, 5.74) is 1.08. The van der Waals surface area contributed by atoms with Crippen molar-refractivity contribution in [1.82, 2.24) is 10.2 Å². The zero-order chi connectivity index (χ0) is 27.7. The van der Waals surface area contributed by atoms with E-state index in [1.54, 1.807) is 12.1 Å². The van der Waals surface area contributed by atoms with Crippen LogP contribution in [0.3, 0.4) is 0 Å². The van der Waals surface area contributed by atoms with E-state index in [0.717, 1.165) is 56.9 Å². The molecular formula is C32H49N3O3. The fraction of sp³-hybridized carbons (Fsp3) is 0.719. The van der Waals surface area contributed by atoms with Gasteiger partial charge in [-0.05, 0) is 85.8 Å². The Morgan fingerprint density at radius 1 is 1.03 bits per heavy atom. The van der Waals surface area contributed by atoms with E-state index in [0.29, 0.717) is 17.8 Å². The molecule has 1 atom stereocenters. The molecule has 1 aromatic carbocycles. The predicted molar refractivity (Wildman–Crippen MR) is 153 cm³/mol. The van der Waals surface area contributed by atoms with E-state index in [-0.39, 0.29) is 28.3 Å². The molecule has 0 aromatic heterocycles. The van der Waals surface area contributed by atoms with Crippen molar-refractivity contribution < 1.29 is 14.7 Å². The zero-order valence-electron chi connectivity index (χ0n) is 24.5. The molecule has 1 amide bonds. The minimum atomic E-state index is -0.931. The number of aromatic carboxylic acids is 1. The molecule has 1 aliphatic heterocycles. The Bertz CT molecular complexity index is 1020. The lowest BCUT2D eigenvalue weighted by Gasteiger charge is -2.47. The van der Waals surface area contributed by atoms with Crippen molar-refractivity contribution in [3.05, 3.63) is 35.4 Å². The summed E-state index contributed by atoms with van der Waals surface area (Å²) in [6.45, 7) is 13.7. The number of rotatable bonds is 6. The van der Waals surface area contributed by atoms with Gasteiger partial charge >= 0.3 is 5.97 Å².